The van der Waals surface area contributed by atoms with Crippen LogP contribution in [0.3, 0.4) is 0 Å². The van der Waals surface area contributed by atoms with Crippen molar-refractivity contribution >= 4 is 5.69 Å². The van der Waals surface area contributed by atoms with Gasteiger partial charge in [-0.25, -0.2) is 0 Å². The van der Waals surface area contributed by atoms with Gasteiger partial charge in [-0.15, -0.1) is 0 Å². The van der Waals surface area contributed by atoms with Crippen molar-refractivity contribution in [2.45, 2.75) is 13.8 Å². The monoisotopic (exact) mass is 260 g/mol. The summed E-state index contributed by atoms with van der Waals surface area (Å²) in [6, 6.07) is 4.01. The van der Waals surface area contributed by atoms with E-state index in [9.17, 15) is 10.1 Å². The minimum atomic E-state index is -0.199. The Kier molecular flexibility index (Phi) is 3.91. The van der Waals surface area contributed by atoms with Gasteiger partial charge in [-0.05, 0) is 19.5 Å². The number of aromatic nitrogens is 1. The number of pyridine rings is 1. The van der Waals surface area contributed by atoms with Crippen LogP contribution >= 0.6 is 0 Å². The van der Waals surface area contributed by atoms with E-state index in [0.717, 1.165) is 44.1 Å². The highest BCUT2D eigenvalue weighted by molar-refractivity contribution is 5.59. The van der Waals surface area contributed by atoms with Gasteiger partial charge in [0.2, 0.25) is 0 Å². The number of rotatable bonds is 2. The van der Waals surface area contributed by atoms with Crippen molar-refractivity contribution in [3.63, 3.8) is 0 Å². The van der Waals surface area contributed by atoms with Gasteiger partial charge in [-0.2, -0.15) is 5.26 Å². The normalized spacial score (nSPS) is 16.4. The van der Waals surface area contributed by atoms with E-state index < -0.39 is 0 Å². The first-order valence-corrected chi connectivity index (χ1v) is 6.66. The zero-order chi connectivity index (χ0) is 14.0. The van der Waals surface area contributed by atoms with Crippen LogP contribution in [0.25, 0.3) is 0 Å². The zero-order valence-electron chi connectivity index (χ0n) is 11.8. The topological polar surface area (TPSA) is 52.3 Å². The summed E-state index contributed by atoms with van der Waals surface area (Å²) >= 11 is 0. The van der Waals surface area contributed by atoms with Gasteiger partial charge in [-0.3, -0.25) is 4.79 Å². The Hall–Kier alpha value is -1.80. The molecule has 0 amide bonds. The Labute approximate surface area is 113 Å². The number of nitriles is 1. The third-order valence-electron chi connectivity index (χ3n) is 3.92. The SMILES string of the molecule is CCN1CCN(c2cc(C)n(C)c(=O)c2C#N)CC1. The van der Waals surface area contributed by atoms with E-state index in [4.69, 9.17) is 0 Å². The molecule has 0 saturated carbocycles. The standard InChI is InChI=1S/C14H20N4O/c1-4-17-5-7-18(8-6-17)13-9-11(2)16(3)14(19)12(13)10-15/h9H,4-8H2,1-3H3. The summed E-state index contributed by atoms with van der Waals surface area (Å²) in [5.74, 6) is 0. The molecule has 2 heterocycles. The van der Waals surface area contributed by atoms with Crippen LogP contribution in [-0.2, 0) is 7.05 Å². The summed E-state index contributed by atoms with van der Waals surface area (Å²) < 4.78 is 1.53. The minimum absolute atomic E-state index is 0.199. The first-order chi connectivity index (χ1) is 9.08. The fourth-order valence-electron chi connectivity index (χ4n) is 2.46. The molecule has 0 spiro atoms. The summed E-state index contributed by atoms with van der Waals surface area (Å²) in [7, 11) is 1.71. The molecule has 0 aliphatic carbocycles. The van der Waals surface area contributed by atoms with Crippen molar-refractivity contribution in [1.82, 2.24) is 9.47 Å². The number of nitrogens with zero attached hydrogens (tertiary/aromatic N) is 4. The Balaban J connectivity index is 2.36. The number of likely N-dealkylation sites (N-methyl/N-ethyl adjacent to an activating group) is 1. The quantitative estimate of drug-likeness (QED) is 0.786. The van der Waals surface area contributed by atoms with Crippen LogP contribution in [0.1, 0.15) is 18.2 Å². The Morgan fingerprint density at radius 2 is 1.95 bits per heavy atom. The van der Waals surface area contributed by atoms with Crippen LogP contribution in [0.2, 0.25) is 0 Å². The van der Waals surface area contributed by atoms with E-state index >= 15 is 0 Å². The summed E-state index contributed by atoms with van der Waals surface area (Å²) in [4.78, 5) is 16.6. The van der Waals surface area contributed by atoms with Crippen LogP contribution < -0.4 is 10.5 Å². The molecule has 19 heavy (non-hydrogen) atoms. The lowest BCUT2D eigenvalue weighted by Crippen LogP contribution is -2.47. The summed E-state index contributed by atoms with van der Waals surface area (Å²) in [5, 5.41) is 9.24. The Morgan fingerprint density at radius 1 is 1.32 bits per heavy atom. The van der Waals surface area contributed by atoms with E-state index in [0.29, 0.717) is 0 Å². The fraction of sp³-hybridized carbons (Fsp3) is 0.571. The molecule has 5 nitrogen and oxygen atoms in total. The summed E-state index contributed by atoms with van der Waals surface area (Å²) in [6.45, 7) is 8.80. The Bertz CT molecular complexity index is 562. The molecule has 1 aromatic rings. The number of piperazine rings is 1. The van der Waals surface area contributed by atoms with Gasteiger partial charge in [-0.1, -0.05) is 6.92 Å². The molecule has 0 atom stereocenters. The lowest BCUT2D eigenvalue weighted by Gasteiger charge is -2.36. The molecule has 1 saturated heterocycles. The minimum Gasteiger partial charge on any atom is -0.368 e. The first kappa shape index (κ1) is 13.6. The number of anilines is 1. The maximum Gasteiger partial charge on any atom is 0.270 e. The highest BCUT2D eigenvalue weighted by atomic mass is 16.1. The van der Waals surface area contributed by atoms with Gasteiger partial charge in [0.05, 0.1) is 5.69 Å². The van der Waals surface area contributed by atoms with Crippen LogP contribution in [0.4, 0.5) is 5.69 Å². The second kappa shape index (κ2) is 5.45. The maximum atomic E-state index is 12.1. The van der Waals surface area contributed by atoms with Gasteiger partial charge >= 0.3 is 0 Å². The molecule has 0 N–H and O–H groups in total. The van der Waals surface area contributed by atoms with E-state index in [-0.39, 0.29) is 11.1 Å². The molecular weight excluding hydrogens is 240 g/mol. The molecule has 0 bridgehead atoms. The lowest BCUT2D eigenvalue weighted by molar-refractivity contribution is 0.271. The summed E-state index contributed by atoms with van der Waals surface area (Å²) in [5.41, 5.74) is 1.74. The highest BCUT2D eigenvalue weighted by Gasteiger charge is 2.21. The largest absolute Gasteiger partial charge is 0.368 e. The second-order valence-corrected chi connectivity index (χ2v) is 4.94. The molecule has 1 fully saturated rings. The molecule has 1 aliphatic rings. The average molecular weight is 260 g/mol. The van der Waals surface area contributed by atoms with Crippen LogP contribution in [-0.4, -0.2) is 42.2 Å². The van der Waals surface area contributed by atoms with Crippen molar-refractivity contribution < 1.29 is 0 Å². The maximum absolute atomic E-state index is 12.1. The van der Waals surface area contributed by atoms with Gasteiger partial charge < -0.3 is 14.4 Å². The summed E-state index contributed by atoms with van der Waals surface area (Å²) in [6.07, 6.45) is 0. The lowest BCUT2D eigenvalue weighted by atomic mass is 10.1. The predicted octanol–water partition coefficient (Wildman–Crippen LogP) is 0.707. The molecule has 2 rings (SSSR count). The van der Waals surface area contributed by atoms with Crippen molar-refractivity contribution in [3.05, 3.63) is 27.7 Å². The van der Waals surface area contributed by atoms with Crippen molar-refractivity contribution in [3.8, 4) is 6.07 Å². The molecule has 5 heteroatoms. The van der Waals surface area contributed by atoms with Crippen molar-refractivity contribution in [1.29, 1.82) is 5.26 Å². The smallest absolute Gasteiger partial charge is 0.270 e. The molecule has 1 aromatic heterocycles. The van der Waals surface area contributed by atoms with Gasteiger partial charge in [0.25, 0.3) is 5.56 Å². The predicted molar refractivity (Wildman–Crippen MR) is 75.5 cm³/mol. The van der Waals surface area contributed by atoms with Gasteiger partial charge in [0, 0.05) is 38.9 Å². The Morgan fingerprint density at radius 3 is 2.47 bits per heavy atom. The van der Waals surface area contributed by atoms with E-state index in [1.807, 2.05) is 13.0 Å². The van der Waals surface area contributed by atoms with Crippen molar-refractivity contribution in [2.24, 2.45) is 7.05 Å². The molecule has 102 valence electrons. The molecule has 1 aliphatic heterocycles. The highest BCUT2D eigenvalue weighted by Crippen LogP contribution is 2.20. The number of hydrogen-bond acceptors (Lipinski definition) is 4. The van der Waals surface area contributed by atoms with Crippen LogP contribution in [0, 0.1) is 18.3 Å². The first-order valence-electron chi connectivity index (χ1n) is 6.66. The average Bonchev–Trinajstić information content (AvgIpc) is 2.44. The van der Waals surface area contributed by atoms with Crippen LogP contribution in [0.5, 0.6) is 0 Å². The van der Waals surface area contributed by atoms with E-state index in [1.54, 1.807) is 7.05 Å². The van der Waals surface area contributed by atoms with Gasteiger partial charge in [0.1, 0.15) is 11.6 Å². The molecule has 0 aromatic carbocycles. The number of aryl methyl sites for hydroxylation is 1. The van der Waals surface area contributed by atoms with E-state index in [1.165, 1.54) is 4.57 Å². The van der Waals surface area contributed by atoms with Gasteiger partial charge in [0.15, 0.2) is 0 Å². The van der Waals surface area contributed by atoms with Crippen molar-refractivity contribution in [2.75, 3.05) is 37.6 Å². The molecule has 0 radical (unpaired) electrons. The van der Waals surface area contributed by atoms with Crippen LogP contribution in [0.15, 0.2) is 10.9 Å². The second-order valence-electron chi connectivity index (χ2n) is 4.94. The fourth-order valence-corrected chi connectivity index (χ4v) is 2.46. The molecule has 0 unspecified atom stereocenters. The number of hydrogen-bond donors (Lipinski definition) is 0. The van der Waals surface area contributed by atoms with E-state index in [2.05, 4.69) is 22.8 Å². The third-order valence-corrected chi connectivity index (χ3v) is 3.92. The third kappa shape index (κ3) is 2.49. The molecular formula is C14H20N4O. The zero-order valence-corrected chi connectivity index (χ0v) is 11.8.